The number of sulfonamides is 1. The van der Waals surface area contributed by atoms with Gasteiger partial charge in [0.15, 0.2) is 0 Å². The first kappa shape index (κ1) is 18.6. The molecule has 0 saturated heterocycles. The van der Waals surface area contributed by atoms with Crippen molar-refractivity contribution < 1.29 is 8.42 Å². The van der Waals surface area contributed by atoms with Crippen LogP contribution in [-0.2, 0) is 16.6 Å². The summed E-state index contributed by atoms with van der Waals surface area (Å²) in [6.07, 6.45) is 1.72. The maximum absolute atomic E-state index is 12.7. The number of halogens is 1. The summed E-state index contributed by atoms with van der Waals surface area (Å²) in [4.78, 5) is 0.339. The van der Waals surface area contributed by atoms with Gasteiger partial charge in [-0.3, -0.25) is 0 Å². The van der Waals surface area contributed by atoms with E-state index < -0.39 is 15.6 Å². The summed E-state index contributed by atoms with van der Waals surface area (Å²) in [6.45, 7) is 8.31. The zero-order valence-electron chi connectivity index (χ0n) is 13.4. The molecule has 1 aromatic carbocycles. The van der Waals surface area contributed by atoms with Crippen molar-refractivity contribution >= 4 is 26.0 Å². The van der Waals surface area contributed by atoms with Crippen molar-refractivity contribution in [2.45, 2.75) is 57.5 Å². The predicted molar refractivity (Wildman–Crippen MR) is 91.0 cm³/mol. The molecule has 0 aliphatic carbocycles. The third-order valence-corrected chi connectivity index (χ3v) is 5.96. The molecule has 1 aromatic rings. The van der Waals surface area contributed by atoms with E-state index >= 15 is 0 Å². The Bertz CT molecular complexity index is 598. The molecule has 0 unspecified atom stereocenters. The van der Waals surface area contributed by atoms with Gasteiger partial charge in [-0.05, 0) is 57.5 Å². The summed E-state index contributed by atoms with van der Waals surface area (Å²) in [6, 6.07) is 3.68. The van der Waals surface area contributed by atoms with E-state index in [-0.39, 0.29) is 0 Å². The summed E-state index contributed by atoms with van der Waals surface area (Å²) in [5.41, 5.74) is 1.21. The van der Waals surface area contributed by atoms with E-state index in [1.165, 1.54) is 0 Å². The Morgan fingerprint density at radius 1 is 1.29 bits per heavy atom. The van der Waals surface area contributed by atoms with E-state index in [1.807, 2.05) is 40.8 Å². The summed E-state index contributed by atoms with van der Waals surface area (Å²) < 4.78 is 29.0. The molecule has 2 N–H and O–H groups in total. The Labute approximate surface area is 136 Å². The van der Waals surface area contributed by atoms with Crippen molar-refractivity contribution in [1.29, 1.82) is 0 Å². The average molecular weight is 377 g/mol. The molecule has 21 heavy (non-hydrogen) atoms. The number of hydrogen-bond acceptors (Lipinski definition) is 3. The quantitative estimate of drug-likeness (QED) is 0.766. The highest BCUT2D eigenvalue weighted by molar-refractivity contribution is 9.10. The van der Waals surface area contributed by atoms with E-state index in [0.29, 0.717) is 11.4 Å². The molecule has 120 valence electrons. The molecule has 0 atom stereocenters. The van der Waals surface area contributed by atoms with Crippen LogP contribution in [-0.4, -0.2) is 21.0 Å². The van der Waals surface area contributed by atoms with E-state index in [9.17, 15) is 8.42 Å². The molecule has 1 rings (SSSR count). The third kappa shape index (κ3) is 5.06. The Balaban J connectivity index is 3.24. The minimum Gasteiger partial charge on any atom is -0.316 e. The van der Waals surface area contributed by atoms with Crippen LogP contribution in [0.2, 0.25) is 0 Å². The fourth-order valence-corrected chi connectivity index (χ4v) is 4.78. The Morgan fingerprint density at radius 2 is 1.90 bits per heavy atom. The summed E-state index contributed by atoms with van der Waals surface area (Å²) in [7, 11) is -1.70. The molecule has 6 heteroatoms. The lowest BCUT2D eigenvalue weighted by Gasteiger charge is -2.26. The molecule has 0 fully saturated rings. The van der Waals surface area contributed by atoms with Gasteiger partial charge in [-0.1, -0.05) is 29.3 Å². The molecule has 0 radical (unpaired) electrons. The van der Waals surface area contributed by atoms with Gasteiger partial charge in [0.1, 0.15) is 0 Å². The lowest BCUT2D eigenvalue weighted by atomic mass is 10.0. The van der Waals surface area contributed by atoms with Crippen LogP contribution in [0, 0.1) is 6.92 Å². The second-order valence-electron chi connectivity index (χ2n) is 5.97. The summed E-state index contributed by atoms with van der Waals surface area (Å²) in [5.74, 6) is 0. The van der Waals surface area contributed by atoms with E-state index in [2.05, 4.69) is 26.0 Å². The lowest BCUT2D eigenvalue weighted by Crippen LogP contribution is -2.43. The zero-order valence-corrected chi connectivity index (χ0v) is 15.8. The van der Waals surface area contributed by atoms with Gasteiger partial charge in [-0.2, -0.15) is 0 Å². The third-order valence-electron chi connectivity index (χ3n) is 3.31. The van der Waals surface area contributed by atoms with Gasteiger partial charge in [-0.25, -0.2) is 13.1 Å². The van der Waals surface area contributed by atoms with Crippen molar-refractivity contribution in [3.8, 4) is 0 Å². The van der Waals surface area contributed by atoms with Crippen LogP contribution in [0.25, 0.3) is 0 Å². The fraction of sp³-hybridized carbons (Fsp3) is 0.600. The van der Waals surface area contributed by atoms with E-state index in [1.54, 1.807) is 6.07 Å². The second-order valence-corrected chi connectivity index (χ2v) is 8.48. The molecule has 0 spiro atoms. The Hall–Kier alpha value is -0.430. The summed E-state index contributed by atoms with van der Waals surface area (Å²) >= 11 is 3.45. The summed E-state index contributed by atoms with van der Waals surface area (Å²) in [5, 5.41) is 3.04. The Kier molecular flexibility index (Phi) is 6.40. The highest BCUT2D eigenvalue weighted by Gasteiger charge is 2.27. The van der Waals surface area contributed by atoms with E-state index in [4.69, 9.17) is 0 Å². The van der Waals surface area contributed by atoms with Crippen LogP contribution >= 0.6 is 15.9 Å². The molecule has 0 aliphatic rings. The molecule has 0 bridgehead atoms. The smallest absolute Gasteiger partial charge is 0.241 e. The molecule has 0 aliphatic heterocycles. The van der Waals surface area contributed by atoms with Gasteiger partial charge in [0.25, 0.3) is 0 Å². The first-order valence-corrected chi connectivity index (χ1v) is 9.38. The van der Waals surface area contributed by atoms with Gasteiger partial charge in [-0.15, -0.1) is 0 Å². The lowest BCUT2D eigenvalue weighted by molar-refractivity contribution is 0.417. The normalized spacial score (nSPS) is 12.7. The molecular weight excluding hydrogens is 352 g/mol. The second kappa shape index (κ2) is 7.22. The van der Waals surface area contributed by atoms with Crippen molar-refractivity contribution in [1.82, 2.24) is 10.0 Å². The number of nitrogens with one attached hydrogen (secondary N) is 2. The van der Waals surface area contributed by atoms with Crippen molar-refractivity contribution in [2.75, 3.05) is 7.05 Å². The van der Waals surface area contributed by atoms with Gasteiger partial charge < -0.3 is 5.32 Å². The van der Waals surface area contributed by atoms with Crippen LogP contribution in [0.1, 0.15) is 44.7 Å². The standard InChI is InChI=1S/C15H25BrN2O2S/c1-6-7-15(3,4)18-21(19,20)14-9-12(10-17-5)8-13(16)11(14)2/h8-9,17-18H,6-7,10H2,1-5H3. The molecule has 0 amide bonds. The van der Waals surface area contributed by atoms with Gasteiger partial charge in [0, 0.05) is 16.6 Å². The Morgan fingerprint density at radius 3 is 2.43 bits per heavy atom. The number of hydrogen-bond donors (Lipinski definition) is 2. The highest BCUT2D eigenvalue weighted by atomic mass is 79.9. The molecule has 0 saturated carbocycles. The maximum Gasteiger partial charge on any atom is 0.241 e. The monoisotopic (exact) mass is 376 g/mol. The van der Waals surface area contributed by atoms with Crippen molar-refractivity contribution in [2.24, 2.45) is 0 Å². The van der Waals surface area contributed by atoms with Crippen LogP contribution in [0.4, 0.5) is 0 Å². The van der Waals surface area contributed by atoms with Crippen molar-refractivity contribution in [3.63, 3.8) is 0 Å². The van der Waals surface area contributed by atoms with Crippen LogP contribution in [0.3, 0.4) is 0 Å². The highest BCUT2D eigenvalue weighted by Crippen LogP contribution is 2.27. The molecule has 0 heterocycles. The predicted octanol–water partition coefficient (Wildman–Crippen LogP) is 3.33. The van der Waals surface area contributed by atoms with Gasteiger partial charge in [0.05, 0.1) is 4.90 Å². The molecule has 0 aromatic heterocycles. The largest absolute Gasteiger partial charge is 0.316 e. The number of benzene rings is 1. The first-order chi connectivity index (χ1) is 9.63. The van der Waals surface area contributed by atoms with Crippen LogP contribution in [0.15, 0.2) is 21.5 Å². The maximum atomic E-state index is 12.7. The van der Waals surface area contributed by atoms with E-state index in [0.717, 1.165) is 28.4 Å². The first-order valence-electron chi connectivity index (χ1n) is 7.10. The van der Waals surface area contributed by atoms with Gasteiger partial charge >= 0.3 is 0 Å². The SMILES string of the molecule is CCCC(C)(C)NS(=O)(=O)c1cc(CNC)cc(Br)c1C. The topological polar surface area (TPSA) is 58.2 Å². The molecule has 4 nitrogen and oxygen atoms in total. The average Bonchev–Trinajstić information content (AvgIpc) is 2.32. The van der Waals surface area contributed by atoms with Crippen LogP contribution < -0.4 is 10.0 Å². The minimum absolute atomic E-state index is 0.339. The fourth-order valence-electron chi connectivity index (χ4n) is 2.39. The minimum atomic E-state index is -3.54. The number of rotatable bonds is 7. The van der Waals surface area contributed by atoms with Crippen molar-refractivity contribution in [3.05, 3.63) is 27.7 Å². The van der Waals surface area contributed by atoms with Gasteiger partial charge in [0.2, 0.25) is 10.0 Å². The zero-order chi connectivity index (χ0) is 16.3. The van der Waals surface area contributed by atoms with Crippen LogP contribution in [0.5, 0.6) is 0 Å². The molecular formula is C15H25BrN2O2S.